The molecule has 0 amide bonds. The van der Waals surface area contributed by atoms with Gasteiger partial charge >= 0.3 is 0 Å². The van der Waals surface area contributed by atoms with E-state index in [-0.39, 0.29) is 22.8 Å². The number of allylic oxidation sites excluding steroid dienone is 3. The molecule has 0 aromatic heterocycles. The first-order valence-electron chi connectivity index (χ1n) is 10.2. The molecule has 7 atom stereocenters. The standard InChI is InChI=1S/C22H33NO4/c1-20-9-10-22(27)12-15(23(3)4)19(26)18(25)14(22)11-13(20)7-8-21(2)16(20)5-6-17(21)24/h7,11,15-16,18-19,25-27H,5-6,8-10,12H2,1-4H3/t15-,16-,18+,19+,20-,21-,22+/m0/s1. The number of carbonyl (C=O) groups is 1. The largest absolute Gasteiger partial charge is 0.388 e. The third kappa shape index (κ3) is 2.55. The van der Waals surface area contributed by atoms with E-state index in [1.165, 1.54) is 0 Å². The number of nitrogens with zero attached hydrogens (tertiary/aromatic N) is 1. The van der Waals surface area contributed by atoms with Crippen LogP contribution in [0.15, 0.2) is 23.3 Å². The van der Waals surface area contributed by atoms with E-state index in [4.69, 9.17) is 0 Å². The predicted molar refractivity (Wildman–Crippen MR) is 103 cm³/mol. The Bertz CT molecular complexity index is 728. The molecule has 150 valence electrons. The van der Waals surface area contributed by atoms with E-state index in [0.717, 1.165) is 24.8 Å². The van der Waals surface area contributed by atoms with E-state index < -0.39 is 17.8 Å². The van der Waals surface area contributed by atoms with Crippen LogP contribution in [0.3, 0.4) is 0 Å². The molecule has 0 aromatic rings. The van der Waals surface area contributed by atoms with Crippen molar-refractivity contribution in [3.63, 3.8) is 0 Å². The Hall–Kier alpha value is -1.01. The quantitative estimate of drug-likeness (QED) is 0.651. The van der Waals surface area contributed by atoms with Crippen molar-refractivity contribution in [3.05, 3.63) is 23.3 Å². The van der Waals surface area contributed by atoms with Crippen molar-refractivity contribution in [1.82, 2.24) is 4.90 Å². The van der Waals surface area contributed by atoms with Gasteiger partial charge in [0, 0.05) is 17.9 Å². The molecule has 0 unspecified atom stereocenters. The Morgan fingerprint density at radius 2 is 1.85 bits per heavy atom. The molecule has 5 heteroatoms. The lowest BCUT2D eigenvalue weighted by Crippen LogP contribution is -2.58. The number of fused-ring (bicyclic) bond motifs is 4. The van der Waals surface area contributed by atoms with Crippen LogP contribution < -0.4 is 0 Å². The minimum atomic E-state index is -1.12. The lowest BCUT2D eigenvalue weighted by molar-refractivity contribution is -0.128. The molecule has 2 saturated carbocycles. The van der Waals surface area contributed by atoms with E-state index in [2.05, 4.69) is 19.9 Å². The van der Waals surface area contributed by atoms with Crippen molar-refractivity contribution in [2.24, 2.45) is 16.7 Å². The van der Waals surface area contributed by atoms with Crippen LogP contribution in [0, 0.1) is 16.7 Å². The van der Waals surface area contributed by atoms with Crippen molar-refractivity contribution in [3.8, 4) is 0 Å². The Labute approximate surface area is 161 Å². The second-order valence-electron chi connectivity index (χ2n) is 10.0. The van der Waals surface area contributed by atoms with Crippen LogP contribution in [-0.2, 0) is 4.79 Å². The highest BCUT2D eigenvalue weighted by Gasteiger charge is 2.59. The number of aliphatic hydroxyl groups is 3. The minimum Gasteiger partial charge on any atom is -0.388 e. The fourth-order valence-electron chi connectivity index (χ4n) is 6.49. The van der Waals surface area contributed by atoms with Gasteiger partial charge in [-0.25, -0.2) is 0 Å². The number of likely N-dealkylation sites (N-methyl/N-ethyl adjacent to an activating group) is 1. The summed E-state index contributed by atoms with van der Waals surface area (Å²) in [5.41, 5.74) is 0.0703. The summed E-state index contributed by atoms with van der Waals surface area (Å²) in [4.78, 5) is 14.5. The number of ketones is 1. The van der Waals surface area contributed by atoms with Gasteiger partial charge in [-0.15, -0.1) is 0 Å². The molecule has 0 bridgehead atoms. The van der Waals surface area contributed by atoms with E-state index >= 15 is 0 Å². The van der Waals surface area contributed by atoms with E-state index in [9.17, 15) is 20.1 Å². The fourth-order valence-corrected chi connectivity index (χ4v) is 6.49. The molecule has 0 aromatic carbocycles. The molecule has 27 heavy (non-hydrogen) atoms. The van der Waals surface area contributed by atoms with E-state index in [1.54, 1.807) is 0 Å². The number of hydrogen-bond donors (Lipinski definition) is 3. The molecule has 3 N–H and O–H groups in total. The summed E-state index contributed by atoms with van der Waals surface area (Å²) in [5.74, 6) is 0.630. The van der Waals surface area contributed by atoms with Gasteiger partial charge in [-0.3, -0.25) is 4.79 Å². The van der Waals surface area contributed by atoms with Crippen LogP contribution in [0.5, 0.6) is 0 Å². The summed E-state index contributed by atoms with van der Waals surface area (Å²) in [6.45, 7) is 4.33. The average molecular weight is 376 g/mol. The minimum absolute atomic E-state index is 0.183. The number of carbonyl (C=O) groups excluding carboxylic acids is 1. The molecule has 5 nitrogen and oxygen atoms in total. The van der Waals surface area contributed by atoms with Crippen LogP contribution >= 0.6 is 0 Å². The third-order valence-corrected chi connectivity index (χ3v) is 8.39. The lowest BCUT2D eigenvalue weighted by Gasteiger charge is -2.48. The highest BCUT2D eigenvalue weighted by Crippen LogP contribution is 2.62. The van der Waals surface area contributed by atoms with Crippen molar-refractivity contribution in [1.29, 1.82) is 0 Å². The molecule has 4 aliphatic carbocycles. The van der Waals surface area contributed by atoms with Crippen molar-refractivity contribution < 1.29 is 20.1 Å². The van der Waals surface area contributed by atoms with Gasteiger partial charge in [-0.2, -0.15) is 0 Å². The molecule has 2 fully saturated rings. The van der Waals surface area contributed by atoms with Crippen LogP contribution in [0.25, 0.3) is 0 Å². The van der Waals surface area contributed by atoms with Crippen LogP contribution in [0.1, 0.15) is 52.4 Å². The first kappa shape index (κ1) is 19.3. The Morgan fingerprint density at radius 1 is 1.15 bits per heavy atom. The molecule has 4 aliphatic rings. The highest BCUT2D eigenvalue weighted by molar-refractivity contribution is 5.87. The van der Waals surface area contributed by atoms with E-state index in [0.29, 0.717) is 30.6 Å². The smallest absolute Gasteiger partial charge is 0.139 e. The zero-order valence-corrected chi connectivity index (χ0v) is 16.9. The van der Waals surface area contributed by atoms with Crippen molar-refractivity contribution >= 4 is 5.78 Å². The van der Waals surface area contributed by atoms with Gasteiger partial charge in [0.2, 0.25) is 0 Å². The summed E-state index contributed by atoms with van der Waals surface area (Å²) in [5, 5.41) is 33.0. The van der Waals surface area contributed by atoms with Crippen molar-refractivity contribution in [2.75, 3.05) is 14.1 Å². The monoisotopic (exact) mass is 375 g/mol. The summed E-state index contributed by atoms with van der Waals surface area (Å²) < 4.78 is 0. The van der Waals surface area contributed by atoms with Crippen LogP contribution in [0.2, 0.25) is 0 Å². The number of hydrogen-bond acceptors (Lipinski definition) is 5. The Balaban J connectivity index is 1.78. The molecular weight excluding hydrogens is 342 g/mol. The zero-order valence-electron chi connectivity index (χ0n) is 16.9. The van der Waals surface area contributed by atoms with Crippen LogP contribution in [-0.4, -0.2) is 63.9 Å². The molecular formula is C22H33NO4. The maximum atomic E-state index is 12.6. The summed E-state index contributed by atoms with van der Waals surface area (Å²) in [6, 6.07) is -0.289. The van der Waals surface area contributed by atoms with E-state index in [1.807, 2.05) is 25.1 Å². The van der Waals surface area contributed by atoms with Gasteiger partial charge in [-0.1, -0.05) is 26.0 Å². The highest BCUT2D eigenvalue weighted by atomic mass is 16.3. The van der Waals surface area contributed by atoms with Crippen molar-refractivity contribution in [2.45, 2.75) is 76.2 Å². The molecule has 0 aliphatic heterocycles. The number of aliphatic hydroxyl groups excluding tert-OH is 2. The van der Waals surface area contributed by atoms with Crippen LogP contribution in [0.4, 0.5) is 0 Å². The normalized spacial score (nSPS) is 49.7. The van der Waals surface area contributed by atoms with Gasteiger partial charge in [-0.05, 0) is 68.7 Å². The SMILES string of the molecule is CN(C)[C@H]1C[C@]2(O)CC[C@@]3(C)C(=CC[C@]4(C)C(=O)CC[C@@H]34)C=C2[C@@H](O)[C@@H]1O. The molecule has 0 spiro atoms. The van der Waals surface area contributed by atoms with Gasteiger partial charge in [0.1, 0.15) is 11.9 Å². The summed E-state index contributed by atoms with van der Waals surface area (Å²) >= 11 is 0. The summed E-state index contributed by atoms with van der Waals surface area (Å²) in [7, 11) is 3.74. The number of rotatable bonds is 1. The third-order valence-electron chi connectivity index (χ3n) is 8.39. The molecule has 0 heterocycles. The second kappa shape index (κ2) is 5.99. The predicted octanol–water partition coefficient (Wildman–Crippen LogP) is 1.82. The zero-order chi connectivity index (χ0) is 19.8. The summed E-state index contributed by atoms with van der Waals surface area (Å²) in [6.07, 6.45) is 6.12. The molecule has 0 radical (unpaired) electrons. The Kier molecular flexibility index (Phi) is 4.29. The first-order chi connectivity index (χ1) is 12.5. The van der Waals surface area contributed by atoms with Gasteiger partial charge in [0.15, 0.2) is 0 Å². The molecule has 4 rings (SSSR count). The lowest BCUT2D eigenvalue weighted by atomic mass is 9.55. The fraction of sp³-hybridized carbons (Fsp3) is 0.773. The van der Waals surface area contributed by atoms with Gasteiger partial charge in [0.25, 0.3) is 0 Å². The average Bonchev–Trinajstić information content (AvgIpc) is 2.85. The number of Topliss-reactive ketones (excluding diaryl/α,β-unsaturated/α-hetero) is 1. The van der Waals surface area contributed by atoms with Gasteiger partial charge in [0.05, 0.1) is 11.7 Å². The molecule has 0 saturated heterocycles. The Morgan fingerprint density at radius 3 is 2.52 bits per heavy atom. The second-order valence-corrected chi connectivity index (χ2v) is 10.0. The topological polar surface area (TPSA) is 81.0 Å². The first-order valence-corrected chi connectivity index (χ1v) is 10.2. The maximum absolute atomic E-state index is 12.6. The maximum Gasteiger partial charge on any atom is 0.139 e. The van der Waals surface area contributed by atoms with Gasteiger partial charge < -0.3 is 20.2 Å².